The van der Waals surface area contributed by atoms with Crippen molar-refractivity contribution in [1.29, 1.82) is 0 Å². The molecule has 1 atom stereocenters. The first-order valence-corrected chi connectivity index (χ1v) is 11.6. The van der Waals surface area contributed by atoms with E-state index in [4.69, 9.17) is 15.6 Å². The van der Waals surface area contributed by atoms with Crippen LogP contribution in [-0.2, 0) is 4.79 Å². The van der Waals surface area contributed by atoms with Gasteiger partial charge in [-0.15, -0.1) is 11.3 Å². The summed E-state index contributed by atoms with van der Waals surface area (Å²) in [4.78, 5) is 19.2. The molecule has 3 aromatic rings. The van der Waals surface area contributed by atoms with Crippen molar-refractivity contribution in [3.05, 3.63) is 41.4 Å². The number of hydrogen-bond donors (Lipinski definition) is 4. The lowest BCUT2D eigenvalue weighted by atomic mass is 10.2. The van der Waals surface area contributed by atoms with Crippen molar-refractivity contribution in [2.75, 3.05) is 24.5 Å². The number of nitrogens with zero attached hydrogens (tertiary/aromatic N) is 1. The number of hydrogen-bond acceptors (Lipinski definition) is 8. The standard InChI is InChI=1S/C19H20N4O3S3/c20-16(25)9-13-10-21-19(28-13)15-7-11-6-12(26-4-3-24)8-14(18(11)22-15)23-29-17-2-1-5-27-17/h1-2,5-8,13,22-24H,3-4,9-10H2,(H2,20,25). The van der Waals surface area contributed by atoms with Crippen LogP contribution in [0.1, 0.15) is 12.1 Å². The van der Waals surface area contributed by atoms with E-state index in [2.05, 4.69) is 20.8 Å². The quantitative estimate of drug-likeness (QED) is 0.373. The number of carbonyl (C=O) groups is 1. The fourth-order valence-corrected chi connectivity index (χ4v) is 5.53. The predicted molar refractivity (Wildman–Crippen MR) is 121 cm³/mol. The van der Waals surface area contributed by atoms with Gasteiger partial charge in [-0.2, -0.15) is 0 Å². The molecule has 7 nitrogen and oxygen atoms in total. The molecule has 1 amide bonds. The summed E-state index contributed by atoms with van der Waals surface area (Å²) in [6.07, 6.45) is 0.321. The number of H-pyrrole nitrogens is 1. The number of aliphatic imine (C=N–C) groups is 1. The number of aromatic nitrogens is 1. The zero-order valence-corrected chi connectivity index (χ0v) is 17.8. The number of thioether (sulfide) groups is 1. The highest BCUT2D eigenvalue weighted by Gasteiger charge is 2.24. The van der Waals surface area contributed by atoms with Gasteiger partial charge in [0.2, 0.25) is 5.91 Å². The first-order valence-electron chi connectivity index (χ1n) is 8.99. The zero-order valence-electron chi connectivity index (χ0n) is 15.4. The number of aliphatic hydroxyl groups excluding tert-OH is 1. The predicted octanol–water partition coefficient (Wildman–Crippen LogP) is 3.46. The van der Waals surface area contributed by atoms with E-state index in [0.29, 0.717) is 18.7 Å². The number of fused-ring (bicyclic) bond motifs is 1. The fraction of sp³-hybridized carbons (Fsp3) is 0.263. The van der Waals surface area contributed by atoms with Crippen LogP contribution in [0.15, 0.2) is 44.9 Å². The number of primary amides is 1. The van der Waals surface area contributed by atoms with Crippen molar-refractivity contribution in [3.63, 3.8) is 0 Å². The van der Waals surface area contributed by atoms with E-state index < -0.39 is 0 Å². The topological polar surface area (TPSA) is 113 Å². The van der Waals surface area contributed by atoms with Crippen LogP contribution in [0.5, 0.6) is 5.75 Å². The van der Waals surface area contributed by atoms with Crippen LogP contribution >= 0.6 is 35.0 Å². The van der Waals surface area contributed by atoms with E-state index in [1.807, 2.05) is 29.6 Å². The molecule has 4 rings (SSSR count). The number of aliphatic hydroxyl groups is 1. The van der Waals surface area contributed by atoms with Gasteiger partial charge >= 0.3 is 0 Å². The molecule has 1 aromatic carbocycles. The average molecular weight is 449 g/mol. The van der Waals surface area contributed by atoms with E-state index in [9.17, 15) is 4.79 Å². The van der Waals surface area contributed by atoms with Gasteiger partial charge in [0, 0.05) is 23.1 Å². The molecular formula is C19H20N4O3S3. The number of aromatic amines is 1. The van der Waals surface area contributed by atoms with Crippen molar-refractivity contribution in [2.45, 2.75) is 15.9 Å². The lowest BCUT2D eigenvalue weighted by Gasteiger charge is -2.10. The van der Waals surface area contributed by atoms with Crippen LogP contribution < -0.4 is 15.2 Å². The van der Waals surface area contributed by atoms with E-state index >= 15 is 0 Å². The summed E-state index contributed by atoms with van der Waals surface area (Å²) in [6, 6.07) is 9.94. The van der Waals surface area contributed by atoms with E-state index in [1.54, 1.807) is 23.1 Å². The molecule has 5 N–H and O–H groups in total. The Kier molecular flexibility index (Phi) is 6.34. The Morgan fingerprint density at radius 1 is 1.45 bits per heavy atom. The summed E-state index contributed by atoms with van der Waals surface area (Å²) in [6.45, 7) is 0.776. The number of nitrogens with two attached hydrogens (primary N) is 1. The Balaban J connectivity index is 1.61. The first-order chi connectivity index (χ1) is 14.1. The molecule has 0 saturated carbocycles. The number of amides is 1. The van der Waals surface area contributed by atoms with Crippen LogP contribution in [-0.4, -0.2) is 46.0 Å². The number of anilines is 1. The molecule has 29 heavy (non-hydrogen) atoms. The molecular weight excluding hydrogens is 428 g/mol. The molecule has 0 bridgehead atoms. The highest BCUT2D eigenvalue weighted by Crippen LogP contribution is 2.36. The number of ether oxygens (including phenoxy) is 1. The number of benzene rings is 1. The van der Waals surface area contributed by atoms with Crippen LogP contribution in [0, 0.1) is 0 Å². The molecule has 1 unspecified atom stereocenters. The summed E-state index contributed by atoms with van der Waals surface area (Å²) >= 11 is 4.77. The molecule has 1 aliphatic heterocycles. The lowest BCUT2D eigenvalue weighted by molar-refractivity contribution is -0.117. The highest BCUT2D eigenvalue weighted by molar-refractivity contribution is 8.15. The Labute approximate surface area is 180 Å². The SMILES string of the molecule is NC(=O)CC1CN=C(c2cc3cc(OCCO)cc(NSc4cccs4)c3[nH]2)S1. The van der Waals surface area contributed by atoms with Crippen molar-refractivity contribution >= 4 is 62.6 Å². The molecule has 3 heterocycles. The van der Waals surface area contributed by atoms with Crippen LogP contribution in [0.25, 0.3) is 10.9 Å². The van der Waals surface area contributed by atoms with Crippen LogP contribution in [0.4, 0.5) is 5.69 Å². The summed E-state index contributed by atoms with van der Waals surface area (Å²) in [5, 5.41) is 13.0. The lowest BCUT2D eigenvalue weighted by Crippen LogP contribution is -2.18. The molecule has 10 heteroatoms. The average Bonchev–Trinajstić information content (AvgIpc) is 3.44. The molecule has 1 aliphatic rings. The molecule has 2 aromatic heterocycles. The fourth-order valence-electron chi connectivity index (χ4n) is 2.98. The summed E-state index contributed by atoms with van der Waals surface area (Å²) in [7, 11) is 0. The minimum Gasteiger partial charge on any atom is -0.491 e. The molecule has 0 aliphatic carbocycles. The van der Waals surface area contributed by atoms with E-state index in [-0.39, 0.29) is 24.4 Å². The summed E-state index contributed by atoms with van der Waals surface area (Å²) in [5.41, 5.74) is 8.05. The second-order valence-electron chi connectivity index (χ2n) is 6.38. The minimum absolute atomic E-state index is 0.0438. The Bertz CT molecular complexity index is 1030. The third-order valence-corrected chi connectivity index (χ3v) is 7.28. The molecule has 0 radical (unpaired) electrons. The summed E-state index contributed by atoms with van der Waals surface area (Å²) < 4.78 is 10.2. The smallest absolute Gasteiger partial charge is 0.218 e. The number of thiophene rings is 1. The van der Waals surface area contributed by atoms with Crippen LogP contribution in [0.2, 0.25) is 0 Å². The number of rotatable bonds is 9. The maximum absolute atomic E-state index is 11.2. The minimum atomic E-state index is -0.307. The number of nitrogens with one attached hydrogen (secondary N) is 2. The Morgan fingerprint density at radius 2 is 2.34 bits per heavy atom. The van der Waals surface area contributed by atoms with Crippen molar-refractivity contribution in [2.24, 2.45) is 10.7 Å². The van der Waals surface area contributed by atoms with Gasteiger partial charge in [0.15, 0.2) is 0 Å². The van der Waals surface area contributed by atoms with Crippen molar-refractivity contribution in [1.82, 2.24) is 4.98 Å². The Morgan fingerprint density at radius 3 is 3.10 bits per heavy atom. The normalized spacial score (nSPS) is 16.2. The monoisotopic (exact) mass is 448 g/mol. The molecule has 152 valence electrons. The molecule has 0 fully saturated rings. The molecule has 0 saturated heterocycles. The second-order valence-corrected chi connectivity index (χ2v) is 9.73. The van der Waals surface area contributed by atoms with Crippen molar-refractivity contribution < 1.29 is 14.6 Å². The maximum atomic E-state index is 11.2. The third-order valence-electron chi connectivity index (χ3n) is 4.19. The van der Waals surface area contributed by atoms with Gasteiger partial charge in [-0.05, 0) is 35.5 Å². The Hall–Kier alpha value is -2.14. The second kappa shape index (κ2) is 9.12. The summed E-state index contributed by atoms with van der Waals surface area (Å²) in [5.74, 6) is 0.373. The highest BCUT2D eigenvalue weighted by atomic mass is 32.2. The van der Waals surface area contributed by atoms with Gasteiger partial charge in [-0.25, -0.2) is 0 Å². The van der Waals surface area contributed by atoms with Gasteiger partial charge in [0.05, 0.1) is 34.3 Å². The first kappa shape index (κ1) is 20.1. The van der Waals surface area contributed by atoms with Gasteiger partial charge < -0.3 is 25.3 Å². The number of carbonyl (C=O) groups excluding carboxylic acids is 1. The van der Waals surface area contributed by atoms with E-state index in [0.717, 1.165) is 31.5 Å². The zero-order chi connectivity index (χ0) is 20.2. The van der Waals surface area contributed by atoms with Gasteiger partial charge in [-0.1, -0.05) is 17.8 Å². The van der Waals surface area contributed by atoms with Crippen LogP contribution in [0.3, 0.4) is 0 Å². The largest absolute Gasteiger partial charge is 0.491 e. The van der Waals surface area contributed by atoms with Crippen molar-refractivity contribution in [3.8, 4) is 5.75 Å². The maximum Gasteiger partial charge on any atom is 0.218 e. The molecule has 0 spiro atoms. The van der Waals surface area contributed by atoms with E-state index in [1.165, 1.54) is 11.9 Å². The van der Waals surface area contributed by atoms with Gasteiger partial charge in [0.25, 0.3) is 0 Å². The third kappa shape index (κ3) is 4.89. The van der Waals surface area contributed by atoms with Gasteiger partial charge in [-0.3, -0.25) is 9.79 Å². The van der Waals surface area contributed by atoms with Gasteiger partial charge in [0.1, 0.15) is 17.4 Å².